The van der Waals surface area contributed by atoms with Crippen LogP contribution in [-0.4, -0.2) is 27.1 Å². The molecule has 0 aliphatic heterocycles. The van der Waals surface area contributed by atoms with Gasteiger partial charge in [-0.3, -0.25) is 14.6 Å². The monoisotopic (exact) mass is 403 g/mol. The SMILES string of the molecule is CCC(=O)C(O)Nc1ccc(-c2nc(Nc3ccc(C)cc3)[nH]c(=O)c2C#N)cc1. The van der Waals surface area contributed by atoms with Gasteiger partial charge in [-0.2, -0.15) is 5.26 Å². The molecule has 1 heterocycles. The average molecular weight is 403 g/mol. The Morgan fingerprint density at radius 2 is 1.80 bits per heavy atom. The Labute approximate surface area is 173 Å². The summed E-state index contributed by atoms with van der Waals surface area (Å²) in [5, 5.41) is 25.0. The number of rotatable bonds is 7. The van der Waals surface area contributed by atoms with Crippen molar-refractivity contribution in [3.63, 3.8) is 0 Å². The Bertz CT molecular complexity index is 1150. The zero-order chi connectivity index (χ0) is 21.7. The molecule has 0 saturated carbocycles. The van der Waals surface area contributed by atoms with Gasteiger partial charge in [0.1, 0.15) is 11.6 Å². The third-order valence-electron chi connectivity index (χ3n) is 4.46. The summed E-state index contributed by atoms with van der Waals surface area (Å²) in [6.45, 7) is 3.64. The van der Waals surface area contributed by atoms with Gasteiger partial charge >= 0.3 is 0 Å². The maximum Gasteiger partial charge on any atom is 0.270 e. The van der Waals surface area contributed by atoms with Gasteiger partial charge in [-0.1, -0.05) is 36.8 Å². The number of anilines is 3. The number of nitrogens with one attached hydrogen (secondary N) is 3. The number of Topliss-reactive ketones (excluding diaryl/α,β-unsaturated/α-hetero) is 1. The van der Waals surface area contributed by atoms with E-state index in [1.54, 1.807) is 31.2 Å². The first-order valence-electron chi connectivity index (χ1n) is 9.37. The van der Waals surface area contributed by atoms with Crippen LogP contribution in [-0.2, 0) is 4.79 Å². The van der Waals surface area contributed by atoms with E-state index in [0.29, 0.717) is 11.3 Å². The minimum absolute atomic E-state index is 0.105. The van der Waals surface area contributed by atoms with Crippen molar-refractivity contribution in [2.75, 3.05) is 10.6 Å². The van der Waals surface area contributed by atoms with E-state index in [0.717, 1.165) is 11.3 Å². The zero-order valence-electron chi connectivity index (χ0n) is 16.6. The van der Waals surface area contributed by atoms with E-state index in [2.05, 4.69) is 20.6 Å². The molecule has 0 spiro atoms. The largest absolute Gasteiger partial charge is 0.367 e. The highest BCUT2D eigenvalue weighted by Crippen LogP contribution is 2.23. The summed E-state index contributed by atoms with van der Waals surface area (Å²) in [6.07, 6.45) is -1.08. The first kappa shape index (κ1) is 20.8. The van der Waals surface area contributed by atoms with E-state index in [1.165, 1.54) is 0 Å². The summed E-state index contributed by atoms with van der Waals surface area (Å²) in [7, 11) is 0. The predicted molar refractivity (Wildman–Crippen MR) is 114 cm³/mol. The number of hydrogen-bond donors (Lipinski definition) is 4. The molecule has 0 aliphatic rings. The first-order valence-corrected chi connectivity index (χ1v) is 9.37. The molecule has 0 bridgehead atoms. The number of hydrogen-bond acceptors (Lipinski definition) is 7. The standard InChI is InChI=1S/C22H21N5O3/c1-3-18(28)21(30)24-15-10-6-14(7-11-15)19-17(12-23)20(29)27-22(26-19)25-16-8-4-13(2)5-9-16/h4-11,21,24,30H,3H2,1-2H3,(H2,25,26,27,29). The van der Waals surface area contributed by atoms with Crippen molar-refractivity contribution in [3.8, 4) is 17.3 Å². The number of nitriles is 1. The zero-order valence-corrected chi connectivity index (χ0v) is 16.6. The number of aliphatic hydroxyl groups excluding tert-OH is 1. The molecule has 1 aromatic heterocycles. The lowest BCUT2D eigenvalue weighted by Crippen LogP contribution is -2.28. The summed E-state index contributed by atoms with van der Waals surface area (Å²) >= 11 is 0. The number of aromatic amines is 1. The highest BCUT2D eigenvalue weighted by molar-refractivity contribution is 5.84. The Balaban J connectivity index is 1.91. The number of aryl methyl sites for hydroxylation is 1. The summed E-state index contributed by atoms with van der Waals surface area (Å²) in [5.41, 5.74) is 2.48. The molecular formula is C22H21N5O3. The van der Waals surface area contributed by atoms with E-state index in [4.69, 9.17) is 0 Å². The molecule has 0 saturated heterocycles. The van der Waals surface area contributed by atoms with Crippen molar-refractivity contribution >= 4 is 23.1 Å². The van der Waals surface area contributed by atoms with Gasteiger partial charge < -0.3 is 15.7 Å². The number of nitrogens with zero attached hydrogens (tertiary/aromatic N) is 2. The van der Waals surface area contributed by atoms with Crippen molar-refractivity contribution in [1.29, 1.82) is 5.26 Å². The van der Waals surface area contributed by atoms with Crippen LogP contribution in [0.15, 0.2) is 53.3 Å². The van der Waals surface area contributed by atoms with Gasteiger partial charge in [0.15, 0.2) is 12.0 Å². The predicted octanol–water partition coefficient (Wildman–Crippen LogP) is 3.07. The van der Waals surface area contributed by atoms with Gasteiger partial charge in [0.25, 0.3) is 5.56 Å². The Morgan fingerprint density at radius 3 is 2.40 bits per heavy atom. The lowest BCUT2D eigenvalue weighted by Gasteiger charge is -2.13. The van der Waals surface area contributed by atoms with Crippen molar-refractivity contribution in [2.24, 2.45) is 0 Å². The normalized spacial score (nSPS) is 11.4. The van der Waals surface area contributed by atoms with E-state index in [1.807, 2.05) is 37.3 Å². The Morgan fingerprint density at radius 1 is 1.17 bits per heavy atom. The number of carbonyl (C=O) groups is 1. The van der Waals surface area contributed by atoms with Crippen LogP contribution >= 0.6 is 0 Å². The number of H-pyrrole nitrogens is 1. The fourth-order valence-corrected chi connectivity index (χ4v) is 2.77. The molecule has 8 heteroatoms. The molecule has 1 atom stereocenters. The minimum Gasteiger partial charge on any atom is -0.367 e. The van der Waals surface area contributed by atoms with Gasteiger partial charge in [-0.15, -0.1) is 0 Å². The van der Waals surface area contributed by atoms with Crippen molar-refractivity contribution in [2.45, 2.75) is 26.5 Å². The van der Waals surface area contributed by atoms with E-state index in [-0.39, 0.29) is 29.4 Å². The number of ketones is 1. The third kappa shape index (κ3) is 4.71. The number of carbonyl (C=O) groups excluding carboxylic acids is 1. The van der Waals surface area contributed by atoms with Gasteiger partial charge in [-0.25, -0.2) is 4.98 Å². The molecule has 2 aromatic carbocycles. The third-order valence-corrected chi connectivity index (χ3v) is 4.46. The van der Waals surface area contributed by atoms with E-state index >= 15 is 0 Å². The Kier molecular flexibility index (Phi) is 6.25. The van der Waals surface area contributed by atoms with E-state index in [9.17, 15) is 20.0 Å². The van der Waals surface area contributed by atoms with Gasteiger partial charge in [0, 0.05) is 23.4 Å². The number of aliphatic hydroxyl groups is 1. The highest BCUT2D eigenvalue weighted by Gasteiger charge is 2.15. The highest BCUT2D eigenvalue weighted by atomic mass is 16.3. The fraction of sp³-hybridized carbons (Fsp3) is 0.182. The Hall–Kier alpha value is -3.96. The molecule has 8 nitrogen and oxygen atoms in total. The lowest BCUT2D eigenvalue weighted by atomic mass is 10.1. The topological polar surface area (TPSA) is 131 Å². The molecule has 3 rings (SSSR count). The van der Waals surface area contributed by atoms with E-state index < -0.39 is 11.8 Å². The summed E-state index contributed by atoms with van der Waals surface area (Å²) in [5.74, 6) is -0.113. The quantitative estimate of drug-likeness (QED) is 0.446. The van der Waals surface area contributed by atoms with Crippen LogP contribution in [0.3, 0.4) is 0 Å². The molecule has 30 heavy (non-hydrogen) atoms. The van der Waals surface area contributed by atoms with Crippen LogP contribution < -0.4 is 16.2 Å². The summed E-state index contributed by atoms with van der Waals surface area (Å²) < 4.78 is 0. The molecule has 0 fully saturated rings. The molecular weight excluding hydrogens is 382 g/mol. The second-order valence-corrected chi connectivity index (χ2v) is 6.69. The molecule has 0 aliphatic carbocycles. The average Bonchev–Trinajstić information content (AvgIpc) is 2.75. The first-order chi connectivity index (χ1) is 14.4. The second kappa shape index (κ2) is 9.03. The molecule has 0 radical (unpaired) electrons. The smallest absolute Gasteiger partial charge is 0.270 e. The maximum atomic E-state index is 12.4. The maximum absolute atomic E-state index is 12.4. The molecule has 4 N–H and O–H groups in total. The van der Waals surface area contributed by atoms with Gasteiger partial charge in [0.05, 0.1) is 5.69 Å². The van der Waals surface area contributed by atoms with Crippen LogP contribution in [0.4, 0.5) is 17.3 Å². The van der Waals surface area contributed by atoms with Crippen molar-refractivity contribution < 1.29 is 9.90 Å². The van der Waals surface area contributed by atoms with Crippen molar-refractivity contribution in [3.05, 3.63) is 70.0 Å². The second-order valence-electron chi connectivity index (χ2n) is 6.69. The molecule has 0 amide bonds. The molecule has 1 unspecified atom stereocenters. The summed E-state index contributed by atoms with van der Waals surface area (Å²) in [6, 6.07) is 16.0. The van der Waals surface area contributed by atoms with Crippen molar-refractivity contribution in [1.82, 2.24) is 9.97 Å². The summed E-state index contributed by atoms with van der Waals surface area (Å²) in [4.78, 5) is 30.9. The fourth-order valence-electron chi connectivity index (χ4n) is 2.77. The lowest BCUT2D eigenvalue weighted by molar-refractivity contribution is -0.125. The van der Waals surface area contributed by atoms with Crippen LogP contribution in [0.25, 0.3) is 11.3 Å². The van der Waals surface area contributed by atoms with Gasteiger partial charge in [0.2, 0.25) is 5.95 Å². The van der Waals surface area contributed by atoms with Crippen LogP contribution in [0.2, 0.25) is 0 Å². The van der Waals surface area contributed by atoms with Crippen LogP contribution in [0.1, 0.15) is 24.5 Å². The van der Waals surface area contributed by atoms with Gasteiger partial charge in [-0.05, 0) is 31.2 Å². The molecule has 3 aromatic rings. The van der Waals surface area contributed by atoms with Crippen LogP contribution in [0.5, 0.6) is 0 Å². The molecule has 152 valence electrons. The minimum atomic E-state index is -1.29. The van der Waals surface area contributed by atoms with Crippen LogP contribution in [0, 0.1) is 18.3 Å². The number of benzene rings is 2. The number of aromatic nitrogens is 2.